The van der Waals surface area contributed by atoms with E-state index < -0.39 is 34.4 Å². The minimum atomic E-state index is -4.65. The van der Waals surface area contributed by atoms with Crippen molar-refractivity contribution < 1.29 is 22.4 Å². The lowest BCUT2D eigenvalue weighted by Crippen LogP contribution is -2.16. The van der Waals surface area contributed by atoms with Gasteiger partial charge in [0.1, 0.15) is 5.82 Å². The first-order valence-corrected chi connectivity index (χ1v) is 4.85. The van der Waals surface area contributed by atoms with Crippen molar-refractivity contribution in [3.63, 3.8) is 0 Å². The number of hydrogen-bond donors (Lipinski definition) is 1. The number of carbonyl (C=O) groups is 1. The fourth-order valence-corrected chi connectivity index (χ4v) is 1.74. The lowest BCUT2D eigenvalue weighted by molar-refractivity contribution is -0.138. The zero-order valence-electron chi connectivity index (χ0n) is 7.74. The first kappa shape index (κ1) is 13.0. The highest BCUT2D eigenvalue weighted by molar-refractivity contribution is 9.10. The van der Waals surface area contributed by atoms with Crippen LogP contribution in [-0.2, 0) is 17.4 Å². The summed E-state index contributed by atoms with van der Waals surface area (Å²) in [7, 11) is 0. The van der Waals surface area contributed by atoms with Crippen LogP contribution >= 0.6 is 15.9 Å². The van der Waals surface area contributed by atoms with Crippen LogP contribution in [0.3, 0.4) is 0 Å². The molecule has 2 nitrogen and oxygen atoms in total. The Morgan fingerprint density at radius 2 is 1.94 bits per heavy atom. The van der Waals surface area contributed by atoms with E-state index in [2.05, 4.69) is 15.9 Å². The van der Waals surface area contributed by atoms with Crippen LogP contribution in [0.4, 0.5) is 17.6 Å². The van der Waals surface area contributed by atoms with Crippen molar-refractivity contribution >= 4 is 21.8 Å². The largest absolute Gasteiger partial charge is 0.417 e. The summed E-state index contributed by atoms with van der Waals surface area (Å²) in [5.41, 5.74) is 3.52. The minimum absolute atomic E-state index is 0.174. The monoisotopic (exact) mass is 299 g/mol. The van der Waals surface area contributed by atoms with Crippen LogP contribution in [0.25, 0.3) is 0 Å². The summed E-state index contributed by atoms with van der Waals surface area (Å²) in [6.45, 7) is 0. The molecule has 0 saturated carbocycles. The smallest absolute Gasteiger partial charge is 0.369 e. The molecule has 0 aromatic heterocycles. The van der Waals surface area contributed by atoms with Gasteiger partial charge in [0.25, 0.3) is 0 Å². The summed E-state index contributed by atoms with van der Waals surface area (Å²) < 4.78 is 49.7. The van der Waals surface area contributed by atoms with E-state index in [0.29, 0.717) is 6.07 Å². The SMILES string of the molecule is NC(=O)Cc1ccc(C(F)(F)F)c(Br)c1F. The quantitative estimate of drug-likeness (QED) is 0.838. The maximum atomic E-state index is 13.4. The van der Waals surface area contributed by atoms with Gasteiger partial charge >= 0.3 is 6.18 Å². The third kappa shape index (κ3) is 2.72. The van der Waals surface area contributed by atoms with E-state index in [-0.39, 0.29) is 5.56 Å². The number of carbonyl (C=O) groups excluding carboxylic acids is 1. The molecular weight excluding hydrogens is 294 g/mol. The number of amides is 1. The minimum Gasteiger partial charge on any atom is -0.369 e. The van der Waals surface area contributed by atoms with Crippen molar-refractivity contribution in [3.05, 3.63) is 33.5 Å². The molecule has 0 atom stereocenters. The predicted molar refractivity (Wildman–Crippen MR) is 52.0 cm³/mol. The van der Waals surface area contributed by atoms with E-state index in [0.717, 1.165) is 6.07 Å². The molecule has 88 valence electrons. The molecule has 1 aromatic rings. The Kier molecular flexibility index (Phi) is 3.57. The van der Waals surface area contributed by atoms with Gasteiger partial charge in [-0.3, -0.25) is 4.79 Å². The van der Waals surface area contributed by atoms with Crippen LogP contribution in [-0.4, -0.2) is 5.91 Å². The van der Waals surface area contributed by atoms with Crippen molar-refractivity contribution in [2.24, 2.45) is 5.73 Å². The molecule has 0 fully saturated rings. The number of alkyl halides is 3. The summed E-state index contributed by atoms with van der Waals surface area (Å²) in [6.07, 6.45) is -5.09. The molecule has 16 heavy (non-hydrogen) atoms. The van der Waals surface area contributed by atoms with Crippen LogP contribution in [0.5, 0.6) is 0 Å². The summed E-state index contributed by atoms with van der Waals surface area (Å²) in [5.74, 6) is -1.93. The molecule has 0 radical (unpaired) electrons. The topological polar surface area (TPSA) is 43.1 Å². The van der Waals surface area contributed by atoms with Gasteiger partial charge in [-0.15, -0.1) is 0 Å². The molecule has 0 spiro atoms. The van der Waals surface area contributed by atoms with E-state index in [9.17, 15) is 22.4 Å². The fourth-order valence-electron chi connectivity index (χ4n) is 1.13. The fraction of sp³-hybridized carbons (Fsp3) is 0.222. The van der Waals surface area contributed by atoms with E-state index in [1.807, 2.05) is 0 Å². The van der Waals surface area contributed by atoms with Gasteiger partial charge in [0.15, 0.2) is 0 Å². The van der Waals surface area contributed by atoms with Crippen molar-refractivity contribution in [1.82, 2.24) is 0 Å². The van der Waals surface area contributed by atoms with Crippen LogP contribution in [0, 0.1) is 5.82 Å². The van der Waals surface area contributed by atoms with Gasteiger partial charge in [-0.2, -0.15) is 13.2 Å². The van der Waals surface area contributed by atoms with Crippen LogP contribution in [0.2, 0.25) is 0 Å². The second-order valence-corrected chi connectivity index (χ2v) is 3.83. The molecule has 0 unspecified atom stereocenters. The number of benzene rings is 1. The van der Waals surface area contributed by atoms with E-state index in [1.165, 1.54) is 0 Å². The molecule has 0 saturated heterocycles. The Hall–Kier alpha value is -1.11. The van der Waals surface area contributed by atoms with Crippen molar-refractivity contribution in [2.45, 2.75) is 12.6 Å². The lowest BCUT2D eigenvalue weighted by atomic mass is 10.1. The predicted octanol–water partition coefficient (Wildman–Crippen LogP) is 2.63. The van der Waals surface area contributed by atoms with Gasteiger partial charge in [-0.05, 0) is 27.6 Å². The highest BCUT2D eigenvalue weighted by Gasteiger charge is 2.34. The third-order valence-electron chi connectivity index (χ3n) is 1.83. The van der Waals surface area contributed by atoms with Crippen molar-refractivity contribution in [3.8, 4) is 0 Å². The highest BCUT2D eigenvalue weighted by atomic mass is 79.9. The molecule has 0 aliphatic rings. The van der Waals surface area contributed by atoms with Crippen LogP contribution in [0.15, 0.2) is 16.6 Å². The van der Waals surface area contributed by atoms with Crippen molar-refractivity contribution in [1.29, 1.82) is 0 Å². The maximum absolute atomic E-state index is 13.4. The standard InChI is InChI=1S/C9H6BrF4NO/c10-7-5(9(12,13)14)2-1-4(8(7)11)3-6(15)16/h1-2H,3H2,(H2,15,16). The molecule has 1 aromatic carbocycles. The number of halogens is 5. The molecule has 2 N–H and O–H groups in total. The number of primary amides is 1. The Morgan fingerprint density at radius 3 is 2.38 bits per heavy atom. The average molecular weight is 300 g/mol. The molecule has 0 bridgehead atoms. The number of hydrogen-bond acceptors (Lipinski definition) is 1. The molecular formula is C9H6BrF4NO. The Labute approximate surface area is 96.6 Å². The maximum Gasteiger partial charge on any atom is 0.417 e. The van der Waals surface area contributed by atoms with Gasteiger partial charge in [0.05, 0.1) is 16.5 Å². The molecule has 1 amide bonds. The highest BCUT2D eigenvalue weighted by Crippen LogP contribution is 2.36. The summed E-state index contributed by atoms with van der Waals surface area (Å²) in [4.78, 5) is 10.5. The molecule has 0 aliphatic carbocycles. The van der Waals surface area contributed by atoms with E-state index >= 15 is 0 Å². The molecule has 1 rings (SSSR count). The van der Waals surface area contributed by atoms with Gasteiger partial charge in [0, 0.05) is 0 Å². The first-order valence-electron chi connectivity index (χ1n) is 4.06. The average Bonchev–Trinajstić information content (AvgIpc) is 2.10. The normalized spacial score (nSPS) is 11.6. The van der Waals surface area contributed by atoms with Crippen LogP contribution < -0.4 is 5.73 Å². The first-order chi connectivity index (χ1) is 7.23. The van der Waals surface area contributed by atoms with Gasteiger partial charge in [0.2, 0.25) is 5.91 Å². The molecule has 0 aliphatic heterocycles. The van der Waals surface area contributed by atoms with Gasteiger partial charge in [-0.25, -0.2) is 4.39 Å². The van der Waals surface area contributed by atoms with E-state index in [4.69, 9.17) is 5.73 Å². The second-order valence-electron chi connectivity index (χ2n) is 3.04. The lowest BCUT2D eigenvalue weighted by Gasteiger charge is -2.11. The molecule has 7 heteroatoms. The Morgan fingerprint density at radius 1 is 1.38 bits per heavy atom. The Balaban J connectivity index is 3.24. The zero-order chi connectivity index (χ0) is 12.5. The third-order valence-corrected chi connectivity index (χ3v) is 2.61. The summed E-state index contributed by atoms with van der Waals surface area (Å²) in [6, 6.07) is 1.60. The van der Waals surface area contributed by atoms with E-state index in [1.54, 1.807) is 0 Å². The summed E-state index contributed by atoms with van der Waals surface area (Å²) >= 11 is 2.51. The van der Waals surface area contributed by atoms with Gasteiger partial charge in [-0.1, -0.05) is 6.07 Å². The Bertz CT molecular complexity index is 430. The molecule has 0 heterocycles. The zero-order valence-corrected chi connectivity index (χ0v) is 9.32. The van der Waals surface area contributed by atoms with Crippen LogP contribution in [0.1, 0.15) is 11.1 Å². The second kappa shape index (κ2) is 4.40. The van der Waals surface area contributed by atoms with Crippen molar-refractivity contribution in [2.75, 3.05) is 0 Å². The number of nitrogens with two attached hydrogens (primary N) is 1. The number of rotatable bonds is 2. The summed E-state index contributed by atoms with van der Waals surface area (Å²) in [5, 5.41) is 0. The van der Waals surface area contributed by atoms with Gasteiger partial charge < -0.3 is 5.73 Å².